The number of aryl methyl sites for hydroxylation is 1. The number of rotatable bonds is 4. The minimum absolute atomic E-state index is 0.104. The predicted molar refractivity (Wildman–Crippen MR) is 71.8 cm³/mol. The Morgan fingerprint density at radius 2 is 1.89 bits per heavy atom. The third kappa shape index (κ3) is 2.67. The van der Waals surface area contributed by atoms with Crippen LogP contribution in [0.4, 0.5) is 0 Å². The van der Waals surface area contributed by atoms with Crippen LogP contribution in [0.25, 0.3) is 0 Å². The molecule has 0 saturated heterocycles. The van der Waals surface area contributed by atoms with Crippen LogP contribution in [-0.2, 0) is 13.5 Å². The summed E-state index contributed by atoms with van der Waals surface area (Å²) in [4.78, 5) is 12.1. The zero-order valence-corrected chi connectivity index (χ0v) is 11.1. The molecule has 0 aliphatic carbocycles. The fourth-order valence-electron chi connectivity index (χ4n) is 1.94. The van der Waals surface area contributed by atoms with Crippen molar-refractivity contribution in [1.29, 1.82) is 0 Å². The molecule has 0 spiro atoms. The summed E-state index contributed by atoms with van der Waals surface area (Å²) >= 11 is 0. The number of carbonyl (C=O) groups excluding carboxylic acids is 1. The highest BCUT2D eigenvalue weighted by molar-refractivity contribution is 5.95. The molecule has 0 aliphatic rings. The molecule has 0 atom stereocenters. The fraction of sp³-hybridized carbons (Fsp3) is 0.333. The number of benzene rings is 1. The Labute approximate surface area is 107 Å². The van der Waals surface area contributed by atoms with Crippen molar-refractivity contribution in [1.82, 2.24) is 9.78 Å². The van der Waals surface area contributed by atoms with Gasteiger partial charge in [-0.3, -0.25) is 9.48 Å². The Morgan fingerprint density at radius 3 is 2.39 bits per heavy atom. The summed E-state index contributed by atoms with van der Waals surface area (Å²) < 4.78 is 1.62. The Hall–Kier alpha value is -1.90. The molecule has 0 unspecified atom stereocenters. The average molecular weight is 242 g/mol. The van der Waals surface area contributed by atoms with Crippen LogP contribution in [0, 0.1) is 0 Å². The first kappa shape index (κ1) is 12.6. The highest BCUT2D eigenvalue weighted by atomic mass is 16.1. The highest BCUT2D eigenvalue weighted by Gasteiger charge is 2.10. The van der Waals surface area contributed by atoms with Gasteiger partial charge in [-0.1, -0.05) is 38.1 Å². The molecule has 2 aromatic rings. The second-order valence-electron chi connectivity index (χ2n) is 4.84. The van der Waals surface area contributed by atoms with E-state index >= 15 is 0 Å². The Kier molecular flexibility index (Phi) is 3.60. The number of nitrogens with zero attached hydrogens (tertiary/aromatic N) is 2. The van der Waals surface area contributed by atoms with E-state index in [1.165, 1.54) is 5.56 Å². The van der Waals surface area contributed by atoms with Gasteiger partial charge in [-0.15, -0.1) is 0 Å². The van der Waals surface area contributed by atoms with Crippen LogP contribution in [0.3, 0.4) is 0 Å². The summed E-state index contributed by atoms with van der Waals surface area (Å²) in [6, 6.07) is 10.0. The lowest BCUT2D eigenvalue weighted by atomic mass is 9.99. The molecule has 3 heteroatoms. The minimum atomic E-state index is 0.104. The molecule has 1 heterocycles. The van der Waals surface area contributed by atoms with Crippen molar-refractivity contribution >= 4 is 5.78 Å². The summed E-state index contributed by atoms with van der Waals surface area (Å²) in [5, 5.41) is 4.01. The van der Waals surface area contributed by atoms with Crippen molar-refractivity contribution in [2.75, 3.05) is 0 Å². The number of aromatic nitrogens is 2. The van der Waals surface area contributed by atoms with Crippen LogP contribution >= 0.6 is 0 Å². The quantitative estimate of drug-likeness (QED) is 0.772. The van der Waals surface area contributed by atoms with E-state index in [4.69, 9.17) is 0 Å². The zero-order chi connectivity index (χ0) is 13.1. The van der Waals surface area contributed by atoms with Crippen LogP contribution in [0.15, 0.2) is 36.5 Å². The largest absolute Gasteiger partial charge is 0.292 e. The van der Waals surface area contributed by atoms with E-state index in [0.29, 0.717) is 18.0 Å². The molecule has 0 N–H and O–H groups in total. The van der Waals surface area contributed by atoms with Gasteiger partial charge in [-0.05, 0) is 23.1 Å². The molecule has 1 aromatic heterocycles. The zero-order valence-electron chi connectivity index (χ0n) is 11.1. The molecule has 18 heavy (non-hydrogen) atoms. The molecule has 94 valence electrons. The Balaban J connectivity index is 2.10. The van der Waals surface area contributed by atoms with E-state index in [1.807, 2.05) is 12.1 Å². The maximum atomic E-state index is 12.1. The molecule has 0 fully saturated rings. The molecule has 0 saturated carbocycles. The van der Waals surface area contributed by atoms with E-state index in [-0.39, 0.29) is 5.78 Å². The SMILES string of the molecule is CC(C)c1ccc(CC(=O)c2ccnn2C)cc1. The maximum absolute atomic E-state index is 12.1. The highest BCUT2D eigenvalue weighted by Crippen LogP contribution is 2.15. The van der Waals surface area contributed by atoms with Crippen LogP contribution in [0.2, 0.25) is 0 Å². The number of carbonyl (C=O) groups is 1. The normalized spacial score (nSPS) is 10.9. The van der Waals surface area contributed by atoms with E-state index in [2.05, 4.69) is 31.1 Å². The third-order valence-electron chi connectivity index (χ3n) is 3.12. The lowest BCUT2D eigenvalue weighted by molar-refractivity contribution is 0.0984. The second kappa shape index (κ2) is 5.17. The monoisotopic (exact) mass is 242 g/mol. The standard InChI is InChI=1S/C15H18N2O/c1-11(2)13-6-4-12(5-7-13)10-15(18)14-8-9-16-17(14)3/h4-9,11H,10H2,1-3H3. The average Bonchev–Trinajstić information content (AvgIpc) is 2.76. The van der Waals surface area contributed by atoms with Gasteiger partial charge in [0.1, 0.15) is 5.69 Å². The molecule has 0 bridgehead atoms. The summed E-state index contributed by atoms with van der Waals surface area (Å²) in [6.07, 6.45) is 2.08. The first-order chi connectivity index (χ1) is 8.58. The van der Waals surface area contributed by atoms with Gasteiger partial charge in [-0.2, -0.15) is 5.10 Å². The number of hydrogen-bond acceptors (Lipinski definition) is 2. The minimum Gasteiger partial charge on any atom is -0.292 e. The summed E-state index contributed by atoms with van der Waals surface area (Å²) in [6.45, 7) is 4.32. The molecule has 3 nitrogen and oxygen atoms in total. The van der Waals surface area contributed by atoms with Crippen LogP contribution in [0.5, 0.6) is 0 Å². The maximum Gasteiger partial charge on any atom is 0.185 e. The number of ketones is 1. The smallest absolute Gasteiger partial charge is 0.185 e. The van der Waals surface area contributed by atoms with Gasteiger partial charge < -0.3 is 0 Å². The van der Waals surface area contributed by atoms with Gasteiger partial charge in [0.2, 0.25) is 0 Å². The van der Waals surface area contributed by atoms with Gasteiger partial charge in [-0.25, -0.2) is 0 Å². The molecule has 0 amide bonds. The molecular weight excluding hydrogens is 224 g/mol. The lowest BCUT2D eigenvalue weighted by Gasteiger charge is -2.06. The van der Waals surface area contributed by atoms with E-state index in [1.54, 1.807) is 24.0 Å². The first-order valence-electron chi connectivity index (χ1n) is 6.18. The second-order valence-corrected chi connectivity index (χ2v) is 4.84. The van der Waals surface area contributed by atoms with E-state index in [0.717, 1.165) is 5.56 Å². The van der Waals surface area contributed by atoms with Crippen molar-refractivity contribution in [3.05, 3.63) is 53.3 Å². The van der Waals surface area contributed by atoms with Crippen molar-refractivity contribution in [2.24, 2.45) is 7.05 Å². The number of Topliss-reactive ketones (excluding diaryl/α,β-unsaturated/α-hetero) is 1. The van der Waals surface area contributed by atoms with Gasteiger partial charge >= 0.3 is 0 Å². The number of hydrogen-bond donors (Lipinski definition) is 0. The van der Waals surface area contributed by atoms with Crippen molar-refractivity contribution < 1.29 is 4.79 Å². The predicted octanol–water partition coefficient (Wildman–Crippen LogP) is 2.97. The lowest BCUT2D eigenvalue weighted by Crippen LogP contribution is -2.09. The topological polar surface area (TPSA) is 34.9 Å². The van der Waals surface area contributed by atoms with Gasteiger partial charge in [0.25, 0.3) is 0 Å². The summed E-state index contributed by atoms with van der Waals surface area (Å²) in [5.41, 5.74) is 3.00. The molecule has 2 rings (SSSR count). The van der Waals surface area contributed by atoms with Gasteiger partial charge in [0, 0.05) is 19.7 Å². The van der Waals surface area contributed by atoms with E-state index < -0.39 is 0 Å². The molecule has 0 aliphatic heterocycles. The van der Waals surface area contributed by atoms with Gasteiger partial charge in [0.05, 0.1) is 0 Å². The van der Waals surface area contributed by atoms with E-state index in [9.17, 15) is 4.79 Å². The van der Waals surface area contributed by atoms with Crippen molar-refractivity contribution in [3.63, 3.8) is 0 Å². The van der Waals surface area contributed by atoms with Gasteiger partial charge in [0.15, 0.2) is 5.78 Å². The van der Waals surface area contributed by atoms with Crippen molar-refractivity contribution in [2.45, 2.75) is 26.2 Å². The Bertz CT molecular complexity index is 538. The Morgan fingerprint density at radius 1 is 1.22 bits per heavy atom. The van der Waals surface area contributed by atoms with Crippen LogP contribution in [-0.4, -0.2) is 15.6 Å². The fourth-order valence-corrected chi connectivity index (χ4v) is 1.94. The van der Waals surface area contributed by atoms with Crippen LogP contribution < -0.4 is 0 Å². The summed E-state index contributed by atoms with van der Waals surface area (Å²) in [7, 11) is 1.79. The molecule has 1 aromatic carbocycles. The third-order valence-corrected chi connectivity index (χ3v) is 3.12. The first-order valence-corrected chi connectivity index (χ1v) is 6.18. The summed E-state index contributed by atoms with van der Waals surface area (Å²) in [5.74, 6) is 0.624. The molecular formula is C15H18N2O. The van der Waals surface area contributed by atoms with Crippen molar-refractivity contribution in [3.8, 4) is 0 Å². The molecule has 0 radical (unpaired) electrons. The van der Waals surface area contributed by atoms with Crippen LogP contribution in [0.1, 0.15) is 41.4 Å².